The number of rotatable bonds is 3. The van der Waals surface area contributed by atoms with Crippen LogP contribution >= 0.6 is 7.82 Å². The summed E-state index contributed by atoms with van der Waals surface area (Å²) < 4.78 is 36.0. The Morgan fingerprint density at radius 1 is 1.48 bits per heavy atom. The molecule has 3 N–H and O–H groups in total. The van der Waals surface area contributed by atoms with Gasteiger partial charge in [0.25, 0.3) is 5.56 Å². The van der Waals surface area contributed by atoms with Crippen molar-refractivity contribution in [1.29, 1.82) is 0 Å². The molecule has 0 saturated carbocycles. The fourth-order valence-electron chi connectivity index (χ4n) is 2.96. The number of hydrogen-bond donors (Lipinski definition) is 2. The second-order valence-electron chi connectivity index (χ2n) is 6.18. The molecule has 2 aliphatic rings. The quantitative estimate of drug-likeness (QED) is 0.753. The molecule has 4 atom stereocenters. The molecule has 4 rings (SSSR count). The highest BCUT2D eigenvalue weighted by molar-refractivity contribution is 7.48. The zero-order valence-electron chi connectivity index (χ0n) is 13.6. The molecule has 2 aromatic rings. The molecular formula is C13H18N5O6P. The molecule has 0 bridgehead atoms. The van der Waals surface area contributed by atoms with E-state index in [2.05, 4.69) is 15.0 Å². The second kappa shape index (κ2) is 5.89. The molecule has 0 spiro atoms. The van der Waals surface area contributed by atoms with Gasteiger partial charge in [0, 0.05) is 6.42 Å². The predicted molar refractivity (Wildman–Crippen MR) is 85.7 cm³/mol. The summed E-state index contributed by atoms with van der Waals surface area (Å²) in [6, 6.07) is 0. The van der Waals surface area contributed by atoms with Gasteiger partial charge in [-0.15, -0.1) is 0 Å². The lowest BCUT2D eigenvalue weighted by molar-refractivity contribution is -0.0733. The van der Waals surface area contributed by atoms with Crippen LogP contribution in [-0.2, 0) is 22.9 Å². The van der Waals surface area contributed by atoms with Gasteiger partial charge in [0.1, 0.15) is 18.4 Å². The number of aromatic amines is 1. The first-order valence-corrected chi connectivity index (χ1v) is 9.30. The summed E-state index contributed by atoms with van der Waals surface area (Å²) in [5.74, 6) is -0.0101. The van der Waals surface area contributed by atoms with E-state index in [-0.39, 0.29) is 24.2 Å². The predicted octanol–water partition coefficient (Wildman–Crippen LogP) is 0.938. The first-order chi connectivity index (χ1) is 11.8. The molecule has 0 amide bonds. The van der Waals surface area contributed by atoms with Crippen LogP contribution in [0, 0.1) is 0 Å². The second-order valence-corrected chi connectivity index (χ2v) is 7.76. The van der Waals surface area contributed by atoms with Gasteiger partial charge in [0.2, 0.25) is 5.95 Å². The Morgan fingerprint density at radius 3 is 3.04 bits per heavy atom. The molecule has 2 fully saturated rings. The maximum atomic E-state index is 12.5. The molecular weight excluding hydrogens is 353 g/mol. The highest BCUT2D eigenvalue weighted by Crippen LogP contribution is 2.57. The fraction of sp³-hybridized carbons (Fsp3) is 0.615. The van der Waals surface area contributed by atoms with Crippen LogP contribution in [0.5, 0.6) is 0 Å². The number of aromatic nitrogens is 4. The third-order valence-corrected chi connectivity index (χ3v) is 5.62. The Morgan fingerprint density at radius 2 is 2.28 bits per heavy atom. The van der Waals surface area contributed by atoms with Gasteiger partial charge in [0.05, 0.1) is 19.0 Å². The van der Waals surface area contributed by atoms with Gasteiger partial charge < -0.3 is 10.5 Å². The Balaban J connectivity index is 1.59. The average Bonchev–Trinajstić information content (AvgIpc) is 3.08. The van der Waals surface area contributed by atoms with Crippen molar-refractivity contribution in [3.8, 4) is 0 Å². The van der Waals surface area contributed by atoms with Crippen LogP contribution in [0.4, 0.5) is 5.95 Å². The molecule has 2 saturated heterocycles. The van der Waals surface area contributed by atoms with E-state index in [9.17, 15) is 9.36 Å². The maximum absolute atomic E-state index is 12.5. The van der Waals surface area contributed by atoms with Crippen molar-refractivity contribution in [2.24, 2.45) is 0 Å². The van der Waals surface area contributed by atoms with E-state index in [0.29, 0.717) is 12.1 Å². The van der Waals surface area contributed by atoms with Crippen LogP contribution in [0.1, 0.15) is 26.5 Å². The van der Waals surface area contributed by atoms with Crippen molar-refractivity contribution in [3.63, 3.8) is 0 Å². The van der Waals surface area contributed by atoms with Crippen LogP contribution in [0.2, 0.25) is 0 Å². The third-order valence-electron chi connectivity index (χ3n) is 3.94. The number of anilines is 1. The topological polar surface area (TPSA) is 144 Å². The number of phosphoric acid groups is 1. The number of nitrogens with zero attached hydrogens (tertiary/aromatic N) is 3. The van der Waals surface area contributed by atoms with Crippen LogP contribution in [-0.4, -0.2) is 44.4 Å². The number of nitrogen functional groups attached to an aromatic ring is 1. The fourth-order valence-corrected chi connectivity index (χ4v) is 4.53. The lowest BCUT2D eigenvalue weighted by Gasteiger charge is -2.30. The number of nitrogens with two attached hydrogens (primary N) is 1. The summed E-state index contributed by atoms with van der Waals surface area (Å²) in [5, 5.41) is 0. The molecule has 0 aliphatic carbocycles. The van der Waals surface area contributed by atoms with E-state index < -0.39 is 31.8 Å². The molecule has 25 heavy (non-hydrogen) atoms. The standard InChI is InChI=1S/C13H18N5O6P/c1-6(2)23-25(20)21-4-8-7(24-25)3-9(22-8)18-5-15-10-11(18)16-13(14)17-12(10)19/h5-9H,3-4H2,1-2H3,(H3,14,16,17,19)/t7?,8-,9+,25?/m0/s1. The van der Waals surface area contributed by atoms with E-state index in [1.54, 1.807) is 18.4 Å². The number of hydrogen-bond acceptors (Lipinski definition) is 9. The zero-order valence-corrected chi connectivity index (χ0v) is 14.5. The van der Waals surface area contributed by atoms with Gasteiger partial charge >= 0.3 is 7.82 Å². The molecule has 12 heteroatoms. The van der Waals surface area contributed by atoms with Crippen molar-refractivity contribution < 1.29 is 22.9 Å². The Bertz CT molecular complexity index is 910. The smallest absolute Gasteiger partial charge is 0.369 e. The highest BCUT2D eigenvalue weighted by Gasteiger charge is 2.48. The van der Waals surface area contributed by atoms with Gasteiger partial charge in [-0.25, -0.2) is 9.55 Å². The van der Waals surface area contributed by atoms with Gasteiger partial charge in [0.15, 0.2) is 11.2 Å². The first kappa shape index (κ1) is 16.7. The van der Waals surface area contributed by atoms with Crippen molar-refractivity contribution >= 4 is 24.9 Å². The third kappa shape index (κ3) is 2.98. The van der Waals surface area contributed by atoms with E-state index >= 15 is 0 Å². The van der Waals surface area contributed by atoms with Crippen molar-refractivity contribution in [2.75, 3.05) is 12.3 Å². The highest BCUT2D eigenvalue weighted by atomic mass is 31.2. The lowest BCUT2D eigenvalue weighted by Crippen LogP contribution is -2.33. The van der Waals surface area contributed by atoms with E-state index in [4.69, 9.17) is 24.0 Å². The van der Waals surface area contributed by atoms with Crippen LogP contribution in [0.3, 0.4) is 0 Å². The summed E-state index contributed by atoms with van der Waals surface area (Å²) in [4.78, 5) is 22.4. The molecule has 2 unspecified atom stereocenters. The lowest BCUT2D eigenvalue weighted by atomic mass is 10.2. The largest absolute Gasteiger partial charge is 0.475 e. The minimum Gasteiger partial charge on any atom is -0.369 e. The van der Waals surface area contributed by atoms with Crippen LogP contribution in [0.25, 0.3) is 11.2 Å². The summed E-state index contributed by atoms with van der Waals surface area (Å²) >= 11 is 0. The van der Waals surface area contributed by atoms with Crippen molar-refractivity contribution in [2.45, 2.75) is 44.8 Å². The molecule has 0 radical (unpaired) electrons. The summed E-state index contributed by atoms with van der Waals surface area (Å²) in [7, 11) is -3.60. The van der Waals surface area contributed by atoms with Crippen LogP contribution in [0.15, 0.2) is 11.1 Å². The number of H-pyrrole nitrogens is 1. The summed E-state index contributed by atoms with van der Waals surface area (Å²) in [6.45, 7) is 3.59. The van der Waals surface area contributed by atoms with Crippen molar-refractivity contribution in [1.82, 2.24) is 19.5 Å². The molecule has 0 aromatic carbocycles. The minimum absolute atomic E-state index is 0.0101. The minimum atomic E-state index is -3.60. The van der Waals surface area contributed by atoms with E-state index in [0.717, 1.165) is 0 Å². The molecule has 11 nitrogen and oxygen atoms in total. The Labute approximate surface area is 142 Å². The zero-order chi connectivity index (χ0) is 17.8. The van der Waals surface area contributed by atoms with Crippen LogP contribution < -0.4 is 11.3 Å². The molecule has 136 valence electrons. The number of fused-ring (bicyclic) bond motifs is 2. The number of phosphoric ester groups is 1. The van der Waals surface area contributed by atoms with Gasteiger partial charge in [-0.2, -0.15) is 4.98 Å². The maximum Gasteiger partial charge on any atom is 0.475 e. The first-order valence-electron chi connectivity index (χ1n) is 7.84. The van der Waals surface area contributed by atoms with Gasteiger partial charge in [-0.3, -0.25) is 27.9 Å². The van der Waals surface area contributed by atoms with E-state index in [1.165, 1.54) is 6.33 Å². The molecule has 4 heterocycles. The molecule has 2 aromatic heterocycles. The normalized spacial score (nSPS) is 32.4. The van der Waals surface area contributed by atoms with Gasteiger partial charge in [-0.1, -0.05) is 0 Å². The Kier molecular flexibility index (Phi) is 3.93. The number of nitrogens with one attached hydrogen (secondary N) is 1. The number of ether oxygens (including phenoxy) is 1. The SMILES string of the molecule is CC(C)OP1(=O)OC[C@@H]2O[C@@H](n3cnc4c(=O)[nH]c(N)nc43)CC2O1. The monoisotopic (exact) mass is 371 g/mol. The molecule has 2 aliphatic heterocycles. The summed E-state index contributed by atoms with van der Waals surface area (Å²) in [5.41, 5.74) is 5.66. The van der Waals surface area contributed by atoms with Crippen molar-refractivity contribution in [3.05, 3.63) is 16.7 Å². The summed E-state index contributed by atoms with van der Waals surface area (Å²) in [6.07, 6.45) is 0.193. The number of imidazole rings is 1. The van der Waals surface area contributed by atoms with E-state index in [1.807, 2.05) is 0 Å². The average molecular weight is 371 g/mol. The Hall–Kier alpha value is -1.78. The van der Waals surface area contributed by atoms with Gasteiger partial charge in [-0.05, 0) is 13.8 Å².